The van der Waals surface area contributed by atoms with Crippen LogP contribution in [0.4, 0.5) is 5.69 Å². The van der Waals surface area contributed by atoms with Crippen molar-refractivity contribution in [2.45, 2.75) is 65.5 Å². The van der Waals surface area contributed by atoms with E-state index in [4.69, 9.17) is 10.7 Å². The van der Waals surface area contributed by atoms with Gasteiger partial charge in [0.15, 0.2) is 0 Å². The molecule has 1 aromatic heterocycles. The molecule has 31 heavy (non-hydrogen) atoms. The van der Waals surface area contributed by atoms with Gasteiger partial charge in [-0.05, 0) is 47.7 Å². The smallest absolute Gasteiger partial charge is 0.123 e. The molecule has 2 aromatic carbocycles. The van der Waals surface area contributed by atoms with Gasteiger partial charge in [-0.25, -0.2) is 4.98 Å². The number of anilines is 1. The summed E-state index contributed by atoms with van der Waals surface area (Å²) in [4.78, 5) is 7.18. The number of phenols is 1. The van der Waals surface area contributed by atoms with Crippen LogP contribution in [0.2, 0.25) is 0 Å². The highest BCUT2D eigenvalue weighted by atomic mass is 32.1. The number of aromatic nitrogens is 1. The Kier molecular flexibility index (Phi) is 6.49. The van der Waals surface area contributed by atoms with Crippen LogP contribution in [0.15, 0.2) is 41.8 Å². The molecule has 4 nitrogen and oxygen atoms in total. The molecule has 0 bridgehead atoms. The molecule has 3 aromatic rings. The molecule has 166 valence electrons. The maximum Gasteiger partial charge on any atom is 0.123 e. The molecular weight excluding hydrogens is 402 g/mol. The predicted molar refractivity (Wildman–Crippen MR) is 133 cm³/mol. The van der Waals surface area contributed by atoms with E-state index < -0.39 is 0 Å². The summed E-state index contributed by atoms with van der Waals surface area (Å²) in [6.07, 6.45) is 0. The number of rotatable bonds is 5. The first-order chi connectivity index (χ1) is 14.3. The Balaban J connectivity index is 1.86. The standard InChI is InChI=1S/C26H35N3OS/c1-25(2,3)20-12-18(13-21(24(20)30)26(4,5)6)22-16-31-23(28-22)15-29(7)14-17-8-10-19(27)11-9-17/h8-13,16,30H,14-15,27H2,1-7H3. The number of hydrogen-bond donors (Lipinski definition) is 2. The lowest BCUT2D eigenvalue weighted by Gasteiger charge is -2.28. The van der Waals surface area contributed by atoms with E-state index in [2.05, 4.69) is 83.1 Å². The molecule has 0 unspecified atom stereocenters. The molecule has 0 spiro atoms. The third-order valence-electron chi connectivity index (χ3n) is 5.41. The Hall–Kier alpha value is -2.37. The quantitative estimate of drug-likeness (QED) is 0.458. The van der Waals surface area contributed by atoms with Crippen LogP contribution in [0.5, 0.6) is 5.75 Å². The lowest BCUT2D eigenvalue weighted by molar-refractivity contribution is 0.318. The number of thiazole rings is 1. The van der Waals surface area contributed by atoms with Crippen LogP contribution in [0.1, 0.15) is 63.2 Å². The number of nitrogens with two attached hydrogens (primary N) is 1. The van der Waals surface area contributed by atoms with Gasteiger partial charge < -0.3 is 10.8 Å². The monoisotopic (exact) mass is 437 g/mol. The second kappa shape index (κ2) is 8.64. The lowest BCUT2D eigenvalue weighted by atomic mass is 9.78. The maximum atomic E-state index is 11.0. The van der Waals surface area contributed by atoms with Crippen LogP contribution in [-0.2, 0) is 23.9 Å². The number of nitrogen functional groups attached to an aromatic ring is 1. The summed E-state index contributed by atoms with van der Waals surface area (Å²) in [6.45, 7) is 14.4. The average Bonchev–Trinajstić information content (AvgIpc) is 3.10. The summed E-state index contributed by atoms with van der Waals surface area (Å²) in [7, 11) is 2.10. The Bertz CT molecular complexity index is 1000. The van der Waals surface area contributed by atoms with Crippen LogP contribution in [0.25, 0.3) is 11.3 Å². The van der Waals surface area contributed by atoms with Crippen molar-refractivity contribution in [3.8, 4) is 17.0 Å². The zero-order valence-corrected chi connectivity index (χ0v) is 20.6. The first-order valence-electron chi connectivity index (χ1n) is 10.7. The lowest BCUT2D eigenvalue weighted by Crippen LogP contribution is -2.17. The molecule has 3 rings (SSSR count). The van der Waals surface area contributed by atoms with Crippen LogP contribution in [0.3, 0.4) is 0 Å². The van der Waals surface area contributed by atoms with Crippen molar-refractivity contribution < 1.29 is 5.11 Å². The molecule has 0 saturated heterocycles. The topological polar surface area (TPSA) is 62.4 Å². The van der Waals surface area contributed by atoms with Crippen LogP contribution in [-0.4, -0.2) is 22.0 Å². The molecule has 0 aliphatic heterocycles. The van der Waals surface area contributed by atoms with E-state index in [1.807, 2.05) is 12.1 Å². The molecule has 0 aliphatic rings. The van der Waals surface area contributed by atoms with Crippen molar-refractivity contribution in [1.82, 2.24) is 9.88 Å². The third-order valence-corrected chi connectivity index (χ3v) is 6.24. The Morgan fingerprint density at radius 1 is 0.935 bits per heavy atom. The Morgan fingerprint density at radius 3 is 2.00 bits per heavy atom. The third kappa shape index (κ3) is 5.66. The van der Waals surface area contributed by atoms with E-state index in [0.29, 0.717) is 5.75 Å². The van der Waals surface area contributed by atoms with Gasteiger partial charge >= 0.3 is 0 Å². The molecule has 0 amide bonds. The van der Waals surface area contributed by atoms with Crippen molar-refractivity contribution >= 4 is 17.0 Å². The second-order valence-corrected chi connectivity index (χ2v) is 11.4. The van der Waals surface area contributed by atoms with Gasteiger partial charge in [0.25, 0.3) is 0 Å². The minimum absolute atomic E-state index is 0.155. The number of phenolic OH excluding ortho intramolecular Hbond substituents is 1. The molecule has 1 heterocycles. The van der Waals surface area contributed by atoms with Crippen LogP contribution in [0, 0.1) is 0 Å². The summed E-state index contributed by atoms with van der Waals surface area (Å²) in [6, 6.07) is 12.2. The number of hydrogen-bond acceptors (Lipinski definition) is 5. The maximum absolute atomic E-state index is 11.0. The van der Waals surface area contributed by atoms with Gasteiger partial charge in [-0.3, -0.25) is 4.90 Å². The highest BCUT2D eigenvalue weighted by Crippen LogP contribution is 2.42. The molecule has 0 radical (unpaired) electrons. The molecule has 0 aliphatic carbocycles. The second-order valence-electron chi connectivity index (χ2n) is 10.5. The van der Waals surface area contributed by atoms with E-state index >= 15 is 0 Å². The fourth-order valence-corrected chi connectivity index (χ4v) is 4.55. The summed E-state index contributed by atoms with van der Waals surface area (Å²) in [5, 5.41) is 14.2. The van der Waals surface area contributed by atoms with E-state index in [1.165, 1.54) is 5.56 Å². The van der Waals surface area contributed by atoms with Gasteiger partial charge in [0.05, 0.1) is 12.2 Å². The van der Waals surface area contributed by atoms with Gasteiger partial charge in [0.2, 0.25) is 0 Å². The van der Waals surface area contributed by atoms with Crippen LogP contribution < -0.4 is 5.73 Å². The van der Waals surface area contributed by atoms with Crippen LogP contribution >= 0.6 is 11.3 Å². The van der Waals surface area contributed by atoms with Gasteiger partial charge in [0, 0.05) is 34.3 Å². The predicted octanol–water partition coefficient (Wildman–Crippen LogP) is 6.32. The highest BCUT2D eigenvalue weighted by Gasteiger charge is 2.27. The first kappa shape index (κ1) is 23.3. The van der Waals surface area contributed by atoms with E-state index in [0.717, 1.165) is 46.2 Å². The molecule has 5 heteroatoms. The minimum Gasteiger partial charge on any atom is -0.507 e. The summed E-state index contributed by atoms with van der Waals surface area (Å²) >= 11 is 1.68. The number of aromatic hydroxyl groups is 1. The van der Waals surface area contributed by atoms with Crippen molar-refractivity contribution in [2.75, 3.05) is 12.8 Å². The van der Waals surface area contributed by atoms with E-state index in [9.17, 15) is 5.11 Å². The van der Waals surface area contributed by atoms with Crippen molar-refractivity contribution in [2.24, 2.45) is 0 Å². The fourth-order valence-electron chi connectivity index (χ4n) is 3.66. The molecule has 0 fully saturated rings. The zero-order chi connectivity index (χ0) is 23.0. The Morgan fingerprint density at radius 2 is 1.48 bits per heavy atom. The SMILES string of the molecule is CN(Cc1ccc(N)cc1)Cc1nc(-c2cc(C(C)(C)C)c(O)c(C(C)(C)C)c2)cs1. The summed E-state index contributed by atoms with van der Waals surface area (Å²) < 4.78 is 0. The average molecular weight is 438 g/mol. The largest absolute Gasteiger partial charge is 0.507 e. The van der Waals surface area contributed by atoms with Gasteiger partial charge in [-0.1, -0.05) is 53.7 Å². The highest BCUT2D eigenvalue weighted by molar-refractivity contribution is 7.09. The van der Waals surface area contributed by atoms with Gasteiger partial charge in [0.1, 0.15) is 10.8 Å². The molecule has 0 atom stereocenters. The summed E-state index contributed by atoms with van der Waals surface area (Å²) in [5.74, 6) is 0.405. The van der Waals surface area contributed by atoms with Gasteiger partial charge in [-0.15, -0.1) is 11.3 Å². The molecular formula is C26H35N3OS. The Labute approximate surface area is 190 Å². The van der Waals surface area contributed by atoms with Crippen molar-refractivity contribution in [3.05, 3.63) is 63.5 Å². The minimum atomic E-state index is -0.155. The molecule has 3 N–H and O–H groups in total. The van der Waals surface area contributed by atoms with Gasteiger partial charge in [-0.2, -0.15) is 0 Å². The van der Waals surface area contributed by atoms with Crippen molar-refractivity contribution in [1.29, 1.82) is 0 Å². The van der Waals surface area contributed by atoms with E-state index in [-0.39, 0.29) is 10.8 Å². The van der Waals surface area contributed by atoms with E-state index in [1.54, 1.807) is 11.3 Å². The molecule has 0 saturated carbocycles. The summed E-state index contributed by atoms with van der Waals surface area (Å²) in [5.41, 5.74) is 11.5. The van der Waals surface area contributed by atoms with Crippen molar-refractivity contribution in [3.63, 3.8) is 0 Å². The number of nitrogens with zero attached hydrogens (tertiary/aromatic N) is 2. The fraction of sp³-hybridized carbons (Fsp3) is 0.423. The first-order valence-corrected chi connectivity index (χ1v) is 11.6. The normalized spacial score (nSPS) is 12.5. The number of benzene rings is 2. The zero-order valence-electron chi connectivity index (χ0n) is 19.8.